The van der Waals surface area contributed by atoms with Gasteiger partial charge in [0.05, 0.1) is 7.11 Å². The molecule has 0 unspecified atom stereocenters. The molecule has 6 nitrogen and oxygen atoms in total. The first-order chi connectivity index (χ1) is 14.1. The summed E-state index contributed by atoms with van der Waals surface area (Å²) in [4.78, 5) is 13.7. The SMILES string of the molecule is COc1ccc(N2CCN(c3cc(Nc4ccc(F)cc4)nc(C)n3)CC2)cc1. The summed E-state index contributed by atoms with van der Waals surface area (Å²) in [6.07, 6.45) is 0. The van der Waals surface area contributed by atoms with Crippen molar-refractivity contribution in [2.75, 3.05) is 48.4 Å². The molecule has 29 heavy (non-hydrogen) atoms. The third-order valence-corrected chi connectivity index (χ3v) is 4.98. The molecule has 1 aliphatic heterocycles. The van der Waals surface area contributed by atoms with Gasteiger partial charge in [-0.2, -0.15) is 0 Å². The number of aromatic nitrogens is 2. The van der Waals surface area contributed by atoms with Crippen molar-refractivity contribution in [2.45, 2.75) is 6.92 Å². The number of anilines is 4. The summed E-state index contributed by atoms with van der Waals surface area (Å²) < 4.78 is 18.4. The number of nitrogens with zero attached hydrogens (tertiary/aromatic N) is 4. The van der Waals surface area contributed by atoms with Gasteiger partial charge < -0.3 is 19.9 Å². The maximum atomic E-state index is 13.1. The van der Waals surface area contributed by atoms with E-state index in [1.165, 1.54) is 17.8 Å². The third-order valence-electron chi connectivity index (χ3n) is 4.98. The summed E-state index contributed by atoms with van der Waals surface area (Å²) in [6, 6.07) is 16.3. The van der Waals surface area contributed by atoms with E-state index >= 15 is 0 Å². The van der Waals surface area contributed by atoms with Crippen molar-refractivity contribution in [1.82, 2.24) is 9.97 Å². The van der Waals surface area contributed by atoms with Crippen LogP contribution in [0, 0.1) is 12.7 Å². The number of rotatable bonds is 5. The first-order valence-corrected chi connectivity index (χ1v) is 9.63. The number of ether oxygens (including phenoxy) is 1. The molecule has 1 N–H and O–H groups in total. The van der Waals surface area contributed by atoms with E-state index in [-0.39, 0.29) is 5.82 Å². The largest absolute Gasteiger partial charge is 0.497 e. The van der Waals surface area contributed by atoms with Gasteiger partial charge in [-0.15, -0.1) is 0 Å². The van der Waals surface area contributed by atoms with Crippen LogP contribution >= 0.6 is 0 Å². The zero-order chi connectivity index (χ0) is 20.2. The summed E-state index contributed by atoms with van der Waals surface area (Å²) in [7, 11) is 1.68. The number of hydrogen-bond acceptors (Lipinski definition) is 6. The second-order valence-electron chi connectivity index (χ2n) is 6.96. The maximum absolute atomic E-state index is 13.1. The molecule has 0 spiro atoms. The smallest absolute Gasteiger partial charge is 0.136 e. The first-order valence-electron chi connectivity index (χ1n) is 9.63. The maximum Gasteiger partial charge on any atom is 0.136 e. The van der Waals surface area contributed by atoms with Crippen LogP contribution in [0.1, 0.15) is 5.82 Å². The van der Waals surface area contributed by atoms with Gasteiger partial charge in [0.2, 0.25) is 0 Å². The Morgan fingerprint density at radius 1 is 0.897 bits per heavy atom. The molecular formula is C22H24FN5O. The Bertz CT molecular complexity index is 954. The third kappa shape index (κ3) is 4.56. The van der Waals surface area contributed by atoms with Crippen LogP contribution < -0.4 is 19.9 Å². The molecule has 150 valence electrons. The molecule has 2 aromatic carbocycles. The van der Waals surface area contributed by atoms with Gasteiger partial charge in [-0.3, -0.25) is 0 Å². The van der Waals surface area contributed by atoms with Gasteiger partial charge >= 0.3 is 0 Å². The molecular weight excluding hydrogens is 369 g/mol. The van der Waals surface area contributed by atoms with Crippen molar-refractivity contribution in [3.8, 4) is 5.75 Å². The van der Waals surface area contributed by atoms with Crippen LogP contribution in [0.2, 0.25) is 0 Å². The molecule has 0 bridgehead atoms. The van der Waals surface area contributed by atoms with E-state index in [9.17, 15) is 4.39 Å². The molecule has 3 aromatic rings. The molecule has 1 fully saturated rings. The average molecular weight is 393 g/mol. The van der Waals surface area contributed by atoms with E-state index in [0.29, 0.717) is 11.6 Å². The number of halogens is 1. The Morgan fingerprint density at radius 2 is 1.55 bits per heavy atom. The molecule has 1 aromatic heterocycles. The fourth-order valence-corrected chi connectivity index (χ4v) is 3.45. The predicted molar refractivity (Wildman–Crippen MR) is 114 cm³/mol. The Kier molecular flexibility index (Phi) is 5.46. The van der Waals surface area contributed by atoms with Gasteiger partial charge in [0.1, 0.15) is 29.0 Å². The van der Waals surface area contributed by atoms with Gasteiger partial charge in [-0.1, -0.05) is 0 Å². The lowest BCUT2D eigenvalue weighted by molar-refractivity contribution is 0.415. The quantitative estimate of drug-likeness (QED) is 0.707. The number of benzene rings is 2. The van der Waals surface area contributed by atoms with Crippen LogP contribution in [-0.4, -0.2) is 43.3 Å². The van der Waals surface area contributed by atoms with Crippen LogP contribution in [0.3, 0.4) is 0 Å². The number of methoxy groups -OCH3 is 1. The fraction of sp³-hybridized carbons (Fsp3) is 0.273. The zero-order valence-electron chi connectivity index (χ0n) is 16.6. The van der Waals surface area contributed by atoms with Crippen LogP contribution in [-0.2, 0) is 0 Å². The summed E-state index contributed by atoms with van der Waals surface area (Å²) in [5.41, 5.74) is 1.99. The molecule has 2 heterocycles. The molecule has 0 saturated carbocycles. The van der Waals surface area contributed by atoms with Crippen molar-refractivity contribution in [3.63, 3.8) is 0 Å². The van der Waals surface area contributed by atoms with E-state index in [4.69, 9.17) is 4.74 Å². The minimum atomic E-state index is -0.259. The average Bonchev–Trinajstić information content (AvgIpc) is 2.75. The summed E-state index contributed by atoms with van der Waals surface area (Å²) in [5, 5.41) is 3.23. The molecule has 1 saturated heterocycles. The molecule has 1 aliphatic rings. The molecule has 0 radical (unpaired) electrons. The van der Waals surface area contributed by atoms with Gasteiger partial charge in [-0.05, 0) is 55.5 Å². The van der Waals surface area contributed by atoms with Crippen molar-refractivity contribution in [3.05, 3.63) is 66.2 Å². The summed E-state index contributed by atoms with van der Waals surface area (Å²) >= 11 is 0. The molecule has 7 heteroatoms. The number of aryl methyl sites for hydroxylation is 1. The molecule has 4 rings (SSSR count). The molecule has 0 amide bonds. The highest BCUT2D eigenvalue weighted by atomic mass is 19.1. The lowest BCUT2D eigenvalue weighted by Crippen LogP contribution is -2.46. The Morgan fingerprint density at radius 3 is 2.21 bits per heavy atom. The van der Waals surface area contributed by atoms with Crippen LogP contribution in [0.15, 0.2) is 54.6 Å². The summed E-state index contributed by atoms with van der Waals surface area (Å²) in [6.45, 7) is 5.45. The second kappa shape index (κ2) is 8.34. The lowest BCUT2D eigenvalue weighted by Gasteiger charge is -2.37. The minimum absolute atomic E-state index is 0.259. The van der Waals surface area contributed by atoms with Crippen molar-refractivity contribution in [2.24, 2.45) is 0 Å². The Hall–Kier alpha value is -3.35. The second-order valence-corrected chi connectivity index (χ2v) is 6.96. The number of piperazine rings is 1. The van der Waals surface area contributed by atoms with Crippen molar-refractivity contribution in [1.29, 1.82) is 0 Å². The number of nitrogens with one attached hydrogen (secondary N) is 1. The van der Waals surface area contributed by atoms with Crippen LogP contribution in [0.5, 0.6) is 5.75 Å². The van der Waals surface area contributed by atoms with E-state index in [0.717, 1.165) is 43.4 Å². The van der Waals surface area contributed by atoms with Crippen molar-refractivity contribution >= 4 is 23.0 Å². The highest BCUT2D eigenvalue weighted by Gasteiger charge is 2.19. The van der Waals surface area contributed by atoms with Crippen LogP contribution in [0.4, 0.5) is 27.4 Å². The van der Waals surface area contributed by atoms with E-state index in [1.54, 1.807) is 19.2 Å². The topological polar surface area (TPSA) is 53.5 Å². The minimum Gasteiger partial charge on any atom is -0.497 e. The Labute approximate surface area is 170 Å². The van der Waals surface area contributed by atoms with Gasteiger partial charge in [0.15, 0.2) is 0 Å². The molecule has 0 aliphatic carbocycles. The van der Waals surface area contributed by atoms with Gasteiger partial charge in [0, 0.05) is 43.6 Å². The highest BCUT2D eigenvalue weighted by Crippen LogP contribution is 2.24. The number of hydrogen-bond donors (Lipinski definition) is 1. The predicted octanol–water partition coefficient (Wildman–Crippen LogP) is 4.00. The fourth-order valence-electron chi connectivity index (χ4n) is 3.45. The monoisotopic (exact) mass is 393 g/mol. The van der Waals surface area contributed by atoms with Gasteiger partial charge in [-0.25, -0.2) is 14.4 Å². The lowest BCUT2D eigenvalue weighted by atomic mass is 10.2. The van der Waals surface area contributed by atoms with E-state index < -0.39 is 0 Å². The van der Waals surface area contributed by atoms with E-state index in [1.807, 2.05) is 25.1 Å². The Balaban J connectivity index is 1.43. The first kappa shape index (κ1) is 19.0. The normalized spacial score (nSPS) is 14.0. The van der Waals surface area contributed by atoms with E-state index in [2.05, 4.69) is 37.2 Å². The van der Waals surface area contributed by atoms with Crippen molar-refractivity contribution < 1.29 is 9.13 Å². The molecule has 0 atom stereocenters. The standard InChI is InChI=1S/C22H24FN5O/c1-16-24-21(26-18-5-3-17(23)4-6-18)15-22(25-16)28-13-11-27(12-14-28)19-7-9-20(29-2)10-8-19/h3-10,15H,11-14H2,1-2H3,(H,24,25,26). The summed E-state index contributed by atoms with van der Waals surface area (Å²) in [5.74, 6) is 2.91. The zero-order valence-corrected chi connectivity index (χ0v) is 16.6. The highest BCUT2D eigenvalue weighted by molar-refractivity contribution is 5.60. The van der Waals surface area contributed by atoms with Crippen LogP contribution in [0.25, 0.3) is 0 Å². The van der Waals surface area contributed by atoms with Gasteiger partial charge in [0.25, 0.3) is 0 Å².